The third kappa shape index (κ3) is 5.88. The molecule has 2 aliphatic heterocycles. The first-order valence-electron chi connectivity index (χ1n) is 20.2. The van der Waals surface area contributed by atoms with Gasteiger partial charge in [-0.25, -0.2) is 4.79 Å². The van der Waals surface area contributed by atoms with Gasteiger partial charge in [0.15, 0.2) is 18.7 Å². The lowest BCUT2D eigenvalue weighted by atomic mass is 9.33. The fourth-order valence-corrected chi connectivity index (χ4v) is 13.4. The van der Waals surface area contributed by atoms with Crippen LogP contribution in [0, 0.1) is 50.2 Å². The van der Waals surface area contributed by atoms with Crippen LogP contribution in [0.1, 0.15) is 113 Å². The van der Waals surface area contributed by atoms with Gasteiger partial charge in [0.05, 0.1) is 18.1 Å². The van der Waals surface area contributed by atoms with Crippen LogP contribution in [0.4, 0.5) is 0 Å². The summed E-state index contributed by atoms with van der Waals surface area (Å²) in [5, 5.41) is 73.6. The third-order valence-electron chi connectivity index (χ3n) is 16.8. The molecule has 0 aromatic rings. The highest BCUT2D eigenvalue weighted by molar-refractivity contribution is 5.76. The summed E-state index contributed by atoms with van der Waals surface area (Å²) in [5.41, 5.74) is 0.110. The number of hydrogen-bond donors (Lipinski definition) is 7. The third-order valence-corrected chi connectivity index (χ3v) is 16.8. The lowest BCUT2D eigenvalue weighted by Gasteiger charge is -2.71. The van der Waals surface area contributed by atoms with Crippen molar-refractivity contribution in [3.8, 4) is 0 Å². The summed E-state index contributed by atoms with van der Waals surface area (Å²) < 4.78 is 23.3. The van der Waals surface area contributed by atoms with Crippen LogP contribution in [0.15, 0.2) is 11.6 Å². The molecule has 13 heteroatoms. The van der Waals surface area contributed by atoms with Crippen molar-refractivity contribution in [3.05, 3.63) is 11.6 Å². The molecule has 7 N–H and O–H groups in total. The van der Waals surface area contributed by atoms with Crippen molar-refractivity contribution < 1.29 is 64.3 Å². The Morgan fingerprint density at radius 1 is 0.759 bits per heavy atom. The van der Waals surface area contributed by atoms with Gasteiger partial charge in [-0.1, -0.05) is 60.1 Å². The normalized spacial score (nSPS) is 52.4. The van der Waals surface area contributed by atoms with E-state index in [1.54, 1.807) is 0 Å². The molecule has 0 amide bonds. The van der Waals surface area contributed by atoms with Gasteiger partial charge in [0.2, 0.25) is 0 Å². The zero-order valence-corrected chi connectivity index (χ0v) is 32.9. The van der Waals surface area contributed by atoms with E-state index in [0.717, 1.165) is 51.4 Å². The summed E-state index contributed by atoms with van der Waals surface area (Å²) >= 11 is 0. The van der Waals surface area contributed by atoms with Gasteiger partial charge in [0.25, 0.3) is 0 Å². The number of carboxylic acids is 2. The van der Waals surface area contributed by atoms with E-state index >= 15 is 0 Å². The van der Waals surface area contributed by atoms with Crippen molar-refractivity contribution in [2.24, 2.45) is 50.2 Å². The summed E-state index contributed by atoms with van der Waals surface area (Å²) in [6.45, 7) is 15.9. The minimum Gasteiger partial charge on any atom is -0.481 e. The zero-order chi connectivity index (χ0) is 39.6. The van der Waals surface area contributed by atoms with E-state index in [1.165, 1.54) is 5.57 Å². The summed E-state index contributed by atoms with van der Waals surface area (Å²) in [6.07, 6.45) is -4.35. The average Bonchev–Trinajstić information content (AvgIpc) is 3.08. The van der Waals surface area contributed by atoms with E-state index < -0.39 is 84.2 Å². The maximum atomic E-state index is 13.0. The topological polar surface area (TPSA) is 213 Å². The van der Waals surface area contributed by atoms with Crippen LogP contribution < -0.4 is 0 Å². The highest BCUT2D eigenvalue weighted by Gasteiger charge is 2.69. The molecule has 2 heterocycles. The molecule has 0 unspecified atom stereocenters. The van der Waals surface area contributed by atoms with Gasteiger partial charge in [-0.3, -0.25) is 4.79 Å². The highest BCUT2D eigenvalue weighted by atomic mass is 16.7. The van der Waals surface area contributed by atoms with Crippen LogP contribution in [0.5, 0.6) is 0 Å². The second-order valence-corrected chi connectivity index (χ2v) is 20.3. The monoisotopic (exact) mass is 764 g/mol. The predicted octanol–water partition coefficient (Wildman–Crippen LogP) is 3.61. The van der Waals surface area contributed by atoms with Crippen LogP contribution in [-0.2, 0) is 28.5 Å². The molecule has 2 saturated heterocycles. The molecular weight excluding hydrogens is 700 g/mol. The zero-order valence-electron chi connectivity index (χ0n) is 32.9. The van der Waals surface area contributed by atoms with Crippen molar-refractivity contribution in [1.29, 1.82) is 0 Å². The van der Waals surface area contributed by atoms with Gasteiger partial charge >= 0.3 is 11.9 Å². The number of allylic oxidation sites excluding steroid dienone is 2. The standard InChI is InChI=1S/C41H64O13/c1-36(2)14-16-41(35(49)50)17-15-39(6)20(21(41)18-36)8-9-24-38(5)12-11-25(37(3,4)23(38)10-13-40(24,39)7)52-34-29(46)30(28(45)31(54-34)32(47)48)53-33-27(44)26(43)22(42)19-51-33/h8,21-31,33-34,42-46H,9-19H2,1-7H3,(H,47,48)(H,49,50)/t21-,22+,23-,24+,25+,26-,27+,28-,29+,30-,31-,33-,34+,38-,39+,40+,41-/m0/s1. The van der Waals surface area contributed by atoms with Crippen LogP contribution in [0.25, 0.3) is 0 Å². The SMILES string of the molecule is CC1(C)CC[C@]2(C(=O)O)CC[C@]3(C)C(=CC[C@@H]4[C@@]5(C)CC[C@@H](O[C@@H]6O[C@H](C(=O)O)[C@@H](O)[C@H](O[C@@H]7OC[C@@H](O)[C@H](O)[C@H]7O)[C@H]6O)C(C)(C)[C@@H]5CC[C@]43C)[C@@H]2C1. The van der Waals surface area contributed by atoms with Crippen molar-refractivity contribution in [1.82, 2.24) is 0 Å². The molecule has 13 nitrogen and oxygen atoms in total. The Labute approximate surface area is 318 Å². The summed E-state index contributed by atoms with van der Waals surface area (Å²) in [4.78, 5) is 25.3. The molecule has 54 heavy (non-hydrogen) atoms. The Morgan fingerprint density at radius 3 is 2.11 bits per heavy atom. The lowest BCUT2D eigenvalue weighted by Crippen LogP contribution is -2.66. The second-order valence-electron chi connectivity index (χ2n) is 20.3. The first-order chi connectivity index (χ1) is 25.0. The van der Waals surface area contributed by atoms with Gasteiger partial charge in [0.1, 0.15) is 36.6 Å². The fourth-order valence-electron chi connectivity index (χ4n) is 13.4. The van der Waals surface area contributed by atoms with Gasteiger partial charge in [-0.05, 0) is 109 Å². The summed E-state index contributed by atoms with van der Waals surface area (Å²) in [7, 11) is 0. The van der Waals surface area contributed by atoms with E-state index in [1.807, 2.05) is 0 Å². The fraction of sp³-hybridized carbons (Fsp3) is 0.902. The van der Waals surface area contributed by atoms with Crippen molar-refractivity contribution in [2.75, 3.05) is 6.61 Å². The Bertz CT molecular complexity index is 1510. The van der Waals surface area contributed by atoms with Crippen molar-refractivity contribution in [3.63, 3.8) is 0 Å². The molecule has 7 rings (SSSR count). The first kappa shape index (κ1) is 40.5. The van der Waals surface area contributed by atoms with Crippen LogP contribution in [-0.4, -0.2) is 116 Å². The van der Waals surface area contributed by atoms with Crippen LogP contribution in [0.2, 0.25) is 0 Å². The van der Waals surface area contributed by atoms with Crippen molar-refractivity contribution in [2.45, 2.75) is 174 Å². The number of aliphatic carboxylic acids is 2. The average molecular weight is 765 g/mol. The molecule has 7 aliphatic rings. The molecule has 5 aliphatic carbocycles. The number of carbonyl (C=O) groups is 2. The number of aliphatic hydroxyl groups excluding tert-OH is 5. The maximum Gasteiger partial charge on any atom is 0.335 e. The van der Waals surface area contributed by atoms with Gasteiger partial charge < -0.3 is 54.7 Å². The van der Waals surface area contributed by atoms with E-state index in [0.29, 0.717) is 18.8 Å². The molecule has 306 valence electrons. The largest absolute Gasteiger partial charge is 0.481 e. The smallest absolute Gasteiger partial charge is 0.335 e. The van der Waals surface area contributed by atoms with E-state index in [2.05, 4.69) is 54.5 Å². The van der Waals surface area contributed by atoms with Crippen molar-refractivity contribution >= 4 is 11.9 Å². The number of hydrogen-bond acceptors (Lipinski definition) is 11. The van der Waals surface area contributed by atoms with E-state index in [-0.39, 0.29) is 40.1 Å². The number of ether oxygens (including phenoxy) is 4. The first-order valence-corrected chi connectivity index (χ1v) is 20.2. The summed E-state index contributed by atoms with van der Waals surface area (Å²) in [6, 6.07) is 0. The molecular formula is C41H64O13. The van der Waals surface area contributed by atoms with Gasteiger partial charge in [-0.15, -0.1) is 0 Å². The Kier molecular flexibility index (Phi) is 10.1. The number of fused-ring (bicyclic) bond motifs is 7. The van der Waals surface area contributed by atoms with E-state index in [4.69, 9.17) is 18.9 Å². The molecule has 6 fully saturated rings. The number of rotatable bonds is 6. The van der Waals surface area contributed by atoms with Gasteiger partial charge in [0, 0.05) is 0 Å². The quantitative estimate of drug-likeness (QED) is 0.152. The maximum absolute atomic E-state index is 13.0. The molecule has 0 radical (unpaired) electrons. The molecule has 17 atom stereocenters. The Morgan fingerprint density at radius 2 is 1.44 bits per heavy atom. The minimum atomic E-state index is -1.86. The highest BCUT2D eigenvalue weighted by Crippen LogP contribution is 2.76. The molecule has 0 bridgehead atoms. The Hall–Kier alpha value is -1.68. The lowest BCUT2D eigenvalue weighted by molar-refractivity contribution is -0.357. The predicted molar refractivity (Wildman–Crippen MR) is 192 cm³/mol. The number of aliphatic hydroxyl groups is 5. The molecule has 4 saturated carbocycles. The summed E-state index contributed by atoms with van der Waals surface area (Å²) in [5.74, 6) is -1.53. The number of carboxylic acid groups (broad SMARTS) is 2. The molecule has 0 aromatic carbocycles. The molecule has 0 aromatic heterocycles. The second kappa shape index (κ2) is 13.4. The van der Waals surface area contributed by atoms with Gasteiger partial charge in [-0.2, -0.15) is 0 Å². The van der Waals surface area contributed by atoms with E-state index in [9.17, 15) is 45.3 Å². The Balaban J connectivity index is 1.13. The van der Waals surface area contributed by atoms with Crippen LogP contribution in [0.3, 0.4) is 0 Å². The minimum absolute atomic E-state index is 0.0359. The van der Waals surface area contributed by atoms with Crippen LogP contribution >= 0.6 is 0 Å². The molecule has 0 spiro atoms.